The van der Waals surface area contributed by atoms with Crippen molar-refractivity contribution in [2.75, 3.05) is 56.6 Å². The van der Waals surface area contributed by atoms with Crippen LogP contribution in [-0.4, -0.2) is 61.4 Å². The Morgan fingerprint density at radius 3 is 2.61 bits per heavy atom. The molecule has 178 valence electrons. The number of methoxy groups -OCH3 is 1. The van der Waals surface area contributed by atoms with Gasteiger partial charge >= 0.3 is 0 Å². The molecule has 0 saturated carbocycles. The predicted octanol–water partition coefficient (Wildman–Crippen LogP) is 5.49. The number of rotatable bonds is 9. The maximum Gasteiger partial charge on any atom is 0.263 e. The SMILES string of the molecule is COc1ccccc1-c1nc(NCCCCN2CCN(c3ccc(Cl)cc3Cl)CC2)no1.Cl. The second-order valence-corrected chi connectivity index (χ2v) is 8.53. The molecule has 1 fully saturated rings. The number of benzene rings is 2. The van der Waals surface area contributed by atoms with Gasteiger partial charge in [0.2, 0.25) is 0 Å². The Hall–Kier alpha value is -2.19. The molecular formula is C23H28Cl3N5O2. The first-order chi connectivity index (χ1) is 15.6. The molecule has 3 aromatic rings. The summed E-state index contributed by atoms with van der Waals surface area (Å²) in [5, 5.41) is 8.64. The van der Waals surface area contributed by atoms with E-state index >= 15 is 0 Å². The number of ether oxygens (including phenoxy) is 1. The highest BCUT2D eigenvalue weighted by Crippen LogP contribution is 2.30. The summed E-state index contributed by atoms with van der Waals surface area (Å²) in [7, 11) is 1.63. The number of piperazine rings is 1. The summed E-state index contributed by atoms with van der Waals surface area (Å²) >= 11 is 12.4. The van der Waals surface area contributed by atoms with Crippen LogP contribution in [0.1, 0.15) is 12.8 Å². The van der Waals surface area contributed by atoms with Gasteiger partial charge in [-0.05, 0) is 54.9 Å². The topological polar surface area (TPSA) is 66.7 Å². The Labute approximate surface area is 210 Å². The third kappa shape index (κ3) is 6.67. The van der Waals surface area contributed by atoms with Crippen molar-refractivity contribution in [1.29, 1.82) is 0 Å². The zero-order chi connectivity index (χ0) is 22.3. The van der Waals surface area contributed by atoms with Crippen LogP contribution in [0.2, 0.25) is 10.0 Å². The van der Waals surface area contributed by atoms with Gasteiger partial charge in [0.25, 0.3) is 11.8 Å². The van der Waals surface area contributed by atoms with Crippen LogP contribution in [0.25, 0.3) is 11.5 Å². The first-order valence-corrected chi connectivity index (χ1v) is 11.5. The first kappa shape index (κ1) is 25.4. The number of para-hydroxylation sites is 1. The van der Waals surface area contributed by atoms with Gasteiger partial charge in [-0.25, -0.2) is 0 Å². The number of aromatic nitrogens is 2. The normalized spacial score (nSPS) is 14.1. The molecule has 0 bridgehead atoms. The zero-order valence-electron chi connectivity index (χ0n) is 18.5. The van der Waals surface area contributed by atoms with E-state index in [4.69, 9.17) is 32.5 Å². The molecule has 1 aliphatic rings. The summed E-state index contributed by atoms with van der Waals surface area (Å²) < 4.78 is 10.7. The third-order valence-electron chi connectivity index (χ3n) is 5.57. The number of unbranched alkanes of at least 4 members (excludes halogenated alkanes) is 1. The summed E-state index contributed by atoms with van der Waals surface area (Å²) in [4.78, 5) is 9.24. The number of halogens is 3. The van der Waals surface area contributed by atoms with Crippen LogP contribution in [0, 0.1) is 0 Å². The van der Waals surface area contributed by atoms with Crippen molar-refractivity contribution >= 4 is 47.2 Å². The highest BCUT2D eigenvalue weighted by atomic mass is 35.5. The highest BCUT2D eigenvalue weighted by molar-refractivity contribution is 6.36. The van der Waals surface area contributed by atoms with Gasteiger partial charge in [-0.1, -0.05) is 35.3 Å². The van der Waals surface area contributed by atoms with Crippen molar-refractivity contribution < 1.29 is 9.26 Å². The van der Waals surface area contributed by atoms with Crippen LogP contribution in [-0.2, 0) is 0 Å². The van der Waals surface area contributed by atoms with E-state index in [1.807, 2.05) is 36.4 Å². The largest absolute Gasteiger partial charge is 0.496 e. The average Bonchev–Trinajstić information content (AvgIpc) is 3.28. The van der Waals surface area contributed by atoms with Crippen LogP contribution in [0.5, 0.6) is 5.75 Å². The van der Waals surface area contributed by atoms with Gasteiger partial charge in [0.15, 0.2) is 0 Å². The molecule has 2 heterocycles. The monoisotopic (exact) mass is 511 g/mol. The van der Waals surface area contributed by atoms with E-state index < -0.39 is 0 Å². The van der Waals surface area contributed by atoms with Crippen molar-refractivity contribution in [3.8, 4) is 17.2 Å². The molecule has 0 aliphatic carbocycles. The van der Waals surface area contributed by atoms with Crippen molar-refractivity contribution in [1.82, 2.24) is 15.0 Å². The Bertz CT molecular complexity index is 1020. The average molecular weight is 513 g/mol. The van der Waals surface area contributed by atoms with Crippen molar-refractivity contribution in [3.63, 3.8) is 0 Å². The lowest BCUT2D eigenvalue weighted by atomic mass is 10.2. The van der Waals surface area contributed by atoms with Crippen LogP contribution in [0.3, 0.4) is 0 Å². The Balaban J connectivity index is 0.00000306. The zero-order valence-corrected chi connectivity index (χ0v) is 20.8. The first-order valence-electron chi connectivity index (χ1n) is 10.8. The van der Waals surface area contributed by atoms with Gasteiger partial charge in [-0.15, -0.1) is 12.4 Å². The number of anilines is 2. The molecule has 0 spiro atoms. The second-order valence-electron chi connectivity index (χ2n) is 7.68. The molecule has 4 rings (SSSR count). The van der Waals surface area contributed by atoms with E-state index in [1.165, 1.54) is 0 Å². The quantitative estimate of drug-likeness (QED) is 0.380. The molecule has 0 unspecified atom stereocenters. The van der Waals surface area contributed by atoms with Crippen LogP contribution in [0.4, 0.5) is 11.6 Å². The van der Waals surface area contributed by atoms with Crippen molar-refractivity contribution in [3.05, 3.63) is 52.5 Å². The van der Waals surface area contributed by atoms with Crippen molar-refractivity contribution in [2.24, 2.45) is 0 Å². The lowest BCUT2D eigenvalue weighted by Crippen LogP contribution is -2.46. The second kappa shape index (κ2) is 12.3. The summed E-state index contributed by atoms with van der Waals surface area (Å²) in [6.07, 6.45) is 2.13. The molecule has 2 aromatic carbocycles. The number of hydrogen-bond donors (Lipinski definition) is 1. The predicted molar refractivity (Wildman–Crippen MR) is 136 cm³/mol. The fraction of sp³-hybridized carbons (Fsp3) is 0.391. The molecule has 1 N–H and O–H groups in total. The molecule has 0 amide bonds. The van der Waals surface area contributed by atoms with E-state index in [-0.39, 0.29) is 12.4 Å². The number of hydrogen-bond acceptors (Lipinski definition) is 7. The summed E-state index contributed by atoms with van der Waals surface area (Å²) in [5.41, 5.74) is 1.85. The minimum Gasteiger partial charge on any atom is -0.496 e. The fourth-order valence-electron chi connectivity index (χ4n) is 3.84. The van der Waals surface area contributed by atoms with E-state index in [9.17, 15) is 0 Å². The van der Waals surface area contributed by atoms with Gasteiger partial charge in [-0.2, -0.15) is 4.98 Å². The minimum absolute atomic E-state index is 0. The van der Waals surface area contributed by atoms with E-state index in [0.29, 0.717) is 27.6 Å². The maximum absolute atomic E-state index is 6.35. The fourth-order valence-corrected chi connectivity index (χ4v) is 4.36. The van der Waals surface area contributed by atoms with E-state index in [2.05, 4.69) is 25.3 Å². The molecule has 7 nitrogen and oxygen atoms in total. The van der Waals surface area contributed by atoms with Gasteiger partial charge in [0.05, 0.1) is 23.4 Å². The highest BCUT2D eigenvalue weighted by Gasteiger charge is 2.19. The molecule has 1 aliphatic heterocycles. The molecular weight excluding hydrogens is 485 g/mol. The van der Waals surface area contributed by atoms with Gasteiger partial charge in [0, 0.05) is 37.7 Å². The standard InChI is InChI=1S/C23H27Cl2N5O2.ClH/c1-31-21-7-3-2-6-18(21)22-27-23(28-32-22)26-10-4-5-11-29-12-14-30(15-13-29)20-9-8-17(24)16-19(20)25;/h2-3,6-9,16H,4-5,10-15H2,1H3,(H,26,28);1H. The number of nitrogens with zero attached hydrogens (tertiary/aromatic N) is 4. The van der Waals surface area contributed by atoms with Crippen molar-refractivity contribution in [2.45, 2.75) is 12.8 Å². The Morgan fingerprint density at radius 1 is 1.06 bits per heavy atom. The Morgan fingerprint density at radius 2 is 1.85 bits per heavy atom. The van der Waals surface area contributed by atoms with E-state index in [1.54, 1.807) is 13.2 Å². The van der Waals surface area contributed by atoms with Gasteiger partial charge < -0.3 is 19.5 Å². The number of nitrogens with one attached hydrogen (secondary N) is 1. The molecule has 1 aromatic heterocycles. The Kier molecular flexibility index (Phi) is 9.50. The molecule has 33 heavy (non-hydrogen) atoms. The molecule has 0 radical (unpaired) electrons. The molecule has 0 atom stereocenters. The summed E-state index contributed by atoms with van der Waals surface area (Å²) in [5.74, 6) is 1.66. The lowest BCUT2D eigenvalue weighted by Gasteiger charge is -2.36. The summed E-state index contributed by atoms with van der Waals surface area (Å²) in [6, 6.07) is 13.3. The summed E-state index contributed by atoms with van der Waals surface area (Å²) in [6.45, 7) is 5.86. The molecule has 1 saturated heterocycles. The van der Waals surface area contributed by atoms with Crippen LogP contribution >= 0.6 is 35.6 Å². The molecule has 10 heteroatoms. The smallest absolute Gasteiger partial charge is 0.263 e. The maximum atomic E-state index is 6.35. The van der Waals surface area contributed by atoms with Crippen LogP contribution in [0.15, 0.2) is 47.0 Å². The van der Waals surface area contributed by atoms with Gasteiger partial charge in [-0.3, -0.25) is 4.90 Å². The van der Waals surface area contributed by atoms with Gasteiger partial charge in [0.1, 0.15) is 5.75 Å². The van der Waals surface area contributed by atoms with Crippen LogP contribution < -0.4 is 15.0 Å². The third-order valence-corrected chi connectivity index (χ3v) is 6.11. The lowest BCUT2D eigenvalue weighted by molar-refractivity contribution is 0.254. The van der Waals surface area contributed by atoms with E-state index in [0.717, 1.165) is 63.4 Å². The minimum atomic E-state index is 0.